The molecule has 0 heterocycles. The third-order valence-corrected chi connectivity index (χ3v) is 1.66. The zero-order valence-electron chi connectivity index (χ0n) is 14.9. The van der Waals surface area contributed by atoms with Gasteiger partial charge in [-0.2, -0.15) is 0 Å². The van der Waals surface area contributed by atoms with E-state index in [1.165, 1.54) is 0 Å². The van der Waals surface area contributed by atoms with Gasteiger partial charge in [0.15, 0.2) is 0 Å². The van der Waals surface area contributed by atoms with Crippen molar-refractivity contribution in [3.63, 3.8) is 0 Å². The van der Waals surface area contributed by atoms with Gasteiger partial charge in [-0.3, -0.25) is 44.7 Å². The molecule has 0 saturated carbocycles. The molecule has 9 N–H and O–H groups in total. The van der Waals surface area contributed by atoms with Gasteiger partial charge in [-0.25, -0.2) is 0 Å². The Morgan fingerprint density at radius 3 is 0.552 bits per heavy atom. The fraction of sp³-hybridized carbons (Fsp3) is 0.500. The molecule has 0 aromatic heterocycles. The normalized spacial score (nSPS) is 8.28. The summed E-state index contributed by atoms with van der Waals surface area (Å²) in [5.74, 6) is -6.35. The number of aliphatic carboxylic acids is 6. The molecule has 0 atom stereocenters. The summed E-state index contributed by atoms with van der Waals surface area (Å²) < 4.78 is 0. The summed E-state index contributed by atoms with van der Waals surface area (Å²) in [5, 5.41) is 54.4. The zero-order valence-corrected chi connectivity index (χ0v) is 21.3. The van der Waals surface area contributed by atoms with Crippen LogP contribution >= 0.6 is 0 Å². The van der Waals surface area contributed by atoms with Crippen LogP contribution in [-0.2, 0) is 28.8 Å². The molecule has 17 heteroatoms. The molecule has 0 aromatic carbocycles. The molecule has 15 nitrogen and oxygen atoms in total. The van der Waals surface area contributed by atoms with Crippen molar-refractivity contribution in [2.75, 3.05) is 39.3 Å². The smallest absolute Gasteiger partial charge is 0.317 e. The molecule has 0 fully saturated rings. The van der Waals surface area contributed by atoms with Gasteiger partial charge in [-0.05, 0) is 0 Å². The van der Waals surface area contributed by atoms with Crippen LogP contribution in [-0.4, -0.2) is 106 Å². The van der Waals surface area contributed by atoms with E-state index < -0.39 is 35.8 Å². The van der Waals surface area contributed by atoms with E-state index in [4.69, 9.17) is 30.6 Å². The van der Waals surface area contributed by atoms with Crippen LogP contribution in [0.25, 0.3) is 0 Å². The van der Waals surface area contributed by atoms with Crippen LogP contribution in [0, 0.1) is 81.7 Å². The molecule has 0 saturated heterocycles. The molecule has 0 aliphatic heterocycles. The van der Waals surface area contributed by atoms with Gasteiger partial charge in [0.25, 0.3) is 0 Å². The summed E-state index contributed by atoms with van der Waals surface area (Å²) in [5.41, 5.74) is 0. The Bertz CT molecular complexity index is 405. The van der Waals surface area contributed by atoms with Crippen LogP contribution in [0.2, 0.25) is 0 Å². The number of rotatable bonds is 12. The van der Waals surface area contributed by atoms with Crippen molar-refractivity contribution >= 4 is 35.8 Å². The zero-order chi connectivity index (χ0) is 21.8. The van der Waals surface area contributed by atoms with E-state index in [1.807, 2.05) is 0 Å². The van der Waals surface area contributed by atoms with E-state index >= 15 is 0 Å². The van der Waals surface area contributed by atoms with Gasteiger partial charge in [0.1, 0.15) is 0 Å². The van der Waals surface area contributed by atoms with E-state index in [1.54, 1.807) is 0 Å². The predicted molar refractivity (Wildman–Crippen MR) is 84.4 cm³/mol. The van der Waals surface area contributed by atoms with Crippen molar-refractivity contribution in [2.45, 2.75) is 0 Å². The van der Waals surface area contributed by atoms with Crippen molar-refractivity contribution in [1.82, 2.24) is 16.0 Å². The molecule has 0 aliphatic rings. The fourth-order valence-corrected chi connectivity index (χ4v) is 0.829. The third kappa shape index (κ3) is 58.4. The Morgan fingerprint density at radius 2 is 0.483 bits per heavy atom. The van der Waals surface area contributed by atoms with Crippen LogP contribution in [0.5, 0.6) is 0 Å². The van der Waals surface area contributed by atoms with Crippen LogP contribution in [0.1, 0.15) is 0 Å². The molecule has 164 valence electrons. The number of hydrogen-bond donors (Lipinski definition) is 9. The van der Waals surface area contributed by atoms with Crippen LogP contribution < -0.4 is 16.0 Å². The third-order valence-electron chi connectivity index (χ3n) is 1.66. The largest absolute Gasteiger partial charge is 0.480 e. The molecule has 0 radical (unpaired) electrons. The Balaban J connectivity index is -0.0000000960. The summed E-state index contributed by atoms with van der Waals surface area (Å²) in [4.78, 5) is 58.4. The maximum absolute atomic E-state index is 9.73. The first-order valence-electron chi connectivity index (χ1n) is 6.81. The molecule has 0 bridgehead atoms. The number of nitrogens with one attached hydrogen (secondary N) is 3. The summed E-state index contributed by atoms with van der Waals surface area (Å²) in [6.45, 7) is -1.88. The second-order valence-electron chi connectivity index (χ2n) is 4.17. The second kappa shape index (κ2) is 27.4. The Kier molecular flexibility index (Phi) is 36.8. The van der Waals surface area contributed by atoms with Crippen LogP contribution in [0.4, 0.5) is 0 Å². The molecule has 0 aromatic rings. The molecule has 0 spiro atoms. The van der Waals surface area contributed by atoms with Gasteiger partial charge in [-0.1, -0.05) is 0 Å². The van der Waals surface area contributed by atoms with Crippen molar-refractivity contribution in [3.8, 4) is 0 Å². The van der Waals surface area contributed by atoms with E-state index in [0.717, 1.165) is 0 Å². The summed E-state index contributed by atoms with van der Waals surface area (Å²) in [7, 11) is 0. The Hall–Kier alpha value is -0.599. The first-order valence-corrected chi connectivity index (χ1v) is 6.81. The topological polar surface area (TPSA) is 260 Å². The van der Waals surface area contributed by atoms with Crippen LogP contribution in [0.3, 0.4) is 0 Å². The van der Waals surface area contributed by atoms with Crippen molar-refractivity contribution in [1.29, 1.82) is 0 Å². The van der Waals surface area contributed by atoms with Crippen molar-refractivity contribution in [3.05, 3.63) is 0 Å². The van der Waals surface area contributed by atoms with Gasteiger partial charge < -0.3 is 30.6 Å². The maximum Gasteiger partial charge on any atom is 0.317 e. The molecule has 0 amide bonds. The molecule has 0 aliphatic carbocycles. The maximum atomic E-state index is 9.73. The second-order valence-corrected chi connectivity index (χ2v) is 4.17. The summed E-state index contributed by atoms with van der Waals surface area (Å²) in [6, 6.07) is 0. The molecular formula is C12H21N3Nd2O12. The summed E-state index contributed by atoms with van der Waals surface area (Å²) >= 11 is 0. The number of carbonyl (C=O) groups is 6. The molecule has 0 unspecified atom stereocenters. The van der Waals surface area contributed by atoms with E-state index in [0.29, 0.717) is 0 Å². The Morgan fingerprint density at radius 1 is 0.379 bits per heavy atom. The average molecular weight is 688 g/mol. The van der Waals surface area contributed by atoms with Gasteiger partial charge in [0.05, 0.1) is 39.3 Å². The first kappa shape index (κ1) is 38.9. The predicted octanol–water partition coefficient (Wildman–Crippen LogP) is -3.76. The van der Waals surface area contributed by atoms with E-state index in [2.05, 4.69) is 16.0 Å². The fourth-order valence-electron chi connectivity index (χ4n) is 0.829. The SMILES string of the molecule is O=C(O)CNCC(=O)O.O=C(O)CNCC(=O)O.O=C(O)CNCC(=O)O.[Nd].[Nd]. The summed E-state index contributed by atoms with van der Waals surface area (Å²) in [6.07, 6.45) is 0. The van der Waals surface area contributed by atoms with E-state index in [-0.39, 0.29) is 121 Å². The van der Waals surface area contributed by atoms with Crippen LogP contribution in [0.15, 0.2) is 0 Å². The minimum Gasteiger partial charge on any atom is -0.480 e. The minimum atomic E-state index is -1.06. The quantitative estimate of drug-likeness (QED) is 0.0954. The van der Waals surface area contributed by atoms with Gasteiger partial charge >= 0.3 is 35.8 Å². The van der Waals surface area contributed by atoms with Gasteiger partial charge in [0.2, 0.25) is 0 Å². The number of hydrogen-bond acceptors (Lipinski definition) is 9. The Labute approximate surface area is 229 Å². The molecule has 0 rings (SSSR count). The minimum absolute atomic E-state index is 0. The van der Waals surface area contributed by atoms with Gasteiger partial charge in [-0.15, -0.1) is 0 Å². The molecular weight excluding hydrogens is 667 g/mol. The molecule has 29 heavy (non-hydrogen) atoms. The van der Waals surface area contributed by atoms with Crippen molar-refractivity contribution < 1.29 is 141 Å². The van der Waals surface area contributed by atoms with Gasteiger partial charge in [0, 0.05) is 81.7 Å². The number of carboxylic acids is 6. The monoisotopic (exact) mass is 683 g/mol. The number of carboxylic acid groups (broad SMARTS) is 6. The van der Waals surface area contributed by atoms with E-state index in [9.17, 15) is 28.8 Å². The average Bonchev–Trinajstić information content (AvgIpc) is 2.46. The first-order chi connectivity index (χ1) is 12.4. The standard InChI is InChI=1S/3C4H7NO4.2Nd/c3*6-3(7)1-5-2-4(8)9;;/h3*5H,1-2H2,(H,6,7)(H,8,9);;. The van der Waals surface area contributed by atoms with Crippen molar-refractivity contribution in [2.24, 2.45) is 0 Å².